The number of amides is 1. The molecule has 0 aliphatic heterocycles. The highest BCUT2D eigenvalue weighted by atomic mass is 32.2. The molecule has 0 atom stereocenters. The van der Waals surface area contributed by atoms with E-state index in [0.29, 0.717) is 5.75 Å². The van der Waals surface area contributed by atoms with Crippen molar-refractivity contribution < 1.29 is 9.53 Å². The third-order valence-corrected chi connectivity index (χ3v) is 4.25. The molecule has 2 aromatic rings. The number of benzene rings is 2. The molecule has 0 aliphatic carbocycles. The first kappa shape index (κ1) is 17.1. The lowest BCUT2D eigenvalue weighted by molar-refractivity contribution is -0.118. The molecule has 2 rings (SSSR count). The lowest BCUT2D eigenvalue weighted by Crippen LogP contribution is -2.19. The Morgan fingerprint density at radius 3 is 2.65 bits per heavy atom. The first-order valence-electron chi connectivity index (χ1n) is 7.27. The standard InChI is InChI=1S/C18H20N2O2S/c1-14-5-3-4-6-16(14)12-23-13-18(21)20-19-11-15-7-9-17(22-2)10-8-15/h3-11H,12-13H2,1-2H3,(H,20,21). The number of carbonyl (C=O) groups excluding carboxylic acids is 1. The van der Waals surface area contributed by atoms with Gasteiger partial charge in [-0.05, 0) is 47.9 Å². The summed E-state index contributed by atoms with van der Waals surface area (Å²) < 4.78 is 5.08. The van der Waals surface area contributed by atoms with Gasteiger partial charge in [0.1, 0.15) is 5.75 Å². The first-order chi connectivity index (χ1) is 11.2. The van der Waals surface area contributed by atoms with Crippen molar-refractivity contribution in [3.63, 3.8) is 0 Å². The van der Waals surface area contributed by atoms with Crippen LogP contribution in [0.25, 0.3) is 0 Å². The SMILES string of the molecule is COc1ccc(C=NNC(=O)CSCc2ccccc2C)cc1. The summed E-state index contributed by atoms with van der Waals surface area (Å²) in [4.78, 5) is 11.7. The molecule has 23 heavy (non-hydrogen) atoms. The molecular formula is C18H20N2O2S. The van der Waals surface area contributed by atoms with Gasteiger partial charge in [0.2, 0.25) is 5.91 Å². The zero-order valence-corrected chi connectivity index (χ0v) is 14.1. The predicted octanol–water partition coefficient (Wildman–Crippen LogP) is 3.39. The van der Waals surface area contributed by atoms with E-state index in [9.17, 15) is 4.79 Å². The van der Waals surface area contributed by atoms with Gasteiger partial charge in [0.05, 0.1) is 19.1 Å². The summed E-state index contributed by atoms with van der Waals surface area (Å²) >= 11 is 1.58. The highest BCUT2D eigenvalue weighted by Gasteiger charge is 2.02. The van der Waals surface area contributed by atoms with Crippen LogP contribution < -0.4 is 10.2 Å². The number of hydrogen-bond acceptors (Lipinski definition) is 4. The van der Waals surface area contributed by atoms with Crippen LogP contribution in [-0.4, -0.2) is 25.0 Å². The number of rotatable bonds is 7. The molecule has 0 saturated carbocycles. The third kappa shape index (κ3) is 5.79. The van der Waals surface area contributed by atoms with Crippen LogP contribution in [0, 0.1) is 6.92 Å². The fourth-order valence-corrected chi connectivity index (χ4v) is 2.82. The Kier molecular flexibility index (Phi) is 6.69. The second-order valence-electron chi connectivity index (χ2n) is 4.99. The highest BCUT2D eigenvalue weighted by molar-refractivity contribution is 7.99. The maximum Gasteiger partial charge on any atom is 0.250 e. The van der Waals surface area contributed by atoms with Crippen molar-refractivity contribution in [2.75, 3.05) is 12.9 Å². The molecular weight excluding hydrogens is 308 g/mol. The summed E-state index contributed by atoms with van der Waals surface area (Å²) in [7, 11) is 1.62. The number of nitrogens with zero attached hydrogens (tertiary/aromatic N) is 1. The normalized spacial score (nSPS) is 10.7. The van der Waals surface area contributed by atoms with Gasteiger partial charge in [-0.1, -0.05) is 24.3 Å². The lowest BCUT2D eigenvalue weighted by Gasteiger charge is -2.04. The van der Waals surface area contributed by atoms with E-state index in [1.165, 1.54) is 11.1 Å². The Bertz CT molecular complexity index is 669. The van der Waals surface area contributed by atoms with Crippen molar-refractivity contribution in [3.05, 3.63) is 65.2 Å². The fourth-order valence-electron chi connectivity index (χ4n) is 1.93. The van der Waals surface area contributed by atoms with Gasteiger partial charge in [-0.3, -0.25) is 4.79 Å². The largest absolute Gasteiger partial charge is 0.497 e. The number of thioether (sulfide) groups is 1. The average molecular weight is 328 g/mol. The quantitative estimate of drug-likeness (QED) is 0.626. The van der Waals surface area contributed by atoms with E-state index in [0.717, 1.165) is 17.1 Å². The van der Waals surface area contributed by atoms with Crippen molar-refractivity contribution in [1.29, 1.82) is 0 Å². The summed E-state index contributed by atoms with van der Waals surface area (Å²) in [6.45, 7) is 2.08. The summed E-state index contributed by atoms with van der Waals surface area (Å²) in [6.07, 6.45) is 1.61. The molecule has 5 heteroatoms. The van der Waals surface area contributed by atoms with Crippen LogP contribution in [-0.2, 0) is 10.5 Å². The van der Waals surface area contributed by atoms with Crippen LogP contribution in [0.1, 0.15) is 16.7 Å². The van der Waals surface area contributed by atoms with Gasteiger partial charge in [0.25, 0.3) is 0 Å². The third-order valence-electron chi connectivity index (χ3n) is 3.27. The van der Waals surface area contributed by atoms with Crippen LogP contribution in [0.2, 0.25) is 0 Å². The number of carbonyl (C=O) groups is 1. The monoisotopic (exact) mass is 328 g/mol. The molecule has 1 amide bonds. The van der Waals surface area contributed by atoms with E-state index in [1.807, 2.05) is 36.4 Å². The van der Waals surface area contributed by atoms with Crippen LogP contribution in [0.3, 0.4) is 0 Å². The zero-order valence-electron chi connectivity index (χ0n) is 13.3. The van der Waals surface area contributed by atoms with E-state index in [4.69, 9.17) is 4.74 Å². The minimum absolute atomic E-state index is 0.103. The highest BCUT2D eigenvalue weighted by Crippen LogP contribution is 2.15. The van der Waals surface area contributed by atoms with E-state index in [1.54, 1.807) is 25.1 Å². The molecule has 0 aliphatic rings. The van der Waals surface area contributed by atoms with Crippen molar-refractivity contribution in [1.82, 2.24) is 5.43 Å². The molecule has 0 spiro atoms. The van der Waals surface area contributed by atoms with Gasteiger partial charge < -0.3 is 4.74 Å². The number of methoxy groups -OCH3 is 1. The second kappa shape index (κ2) is 9.00. The molecule has 2 aromatic carbocycles. The van der Waals surface area contributed by atoms with Crippen LogP contribution in [0.4, 0.5) is 0 Å². The topological polar surface area (TPSA) is 50.7 Å². The number of nitrogens with one attached hydrogen (secondary N) is 1. The molecule has 0 fully saturated rings. The minimum atomic E-state index is -0.103. The molecule has 0 heterocycles. The van der Waals surface area contributed by atoms with Gasteiger partial charge in [-0.25, -0.2) is 5.43 Å². The summed E-state index contributed by atoms with van der Waals surface area (Å²) in [6, 6.07) is 15.6. The first-order valence-corrected chi connectivity index (χ1v) is 8.42. The molecule has 0 aromatic heterocycles. The molecule has 120 valence electrons. The van der Waals surface area contributed by atoms with Gasteiger partial charge >= 0.3 is 0 Å². The second-order valence-corrected chi connectivity index (χ2v) is 5.97. The maximum atomic E-state index is 11.7. The minimum Gasteiger partial charge on any atom is -0.497 e. The van der Waals surface area contributed by atoms with Gasteiger partial charge in [-0.2, -0.15) is 5.10 Å². The zero-order chi connectivity index (χ0) is 16.5. The molecule has 0 unspecified atom stereocenters. The summed E-state index contributed by atoms with van der Waals surface area (Å²) in [5.74, 6) is 1.89. The van der Waals surface area contributed by atoms with Crippen LogP contribution in [0.5, 0.6) is 5.75 Å². The lowest BCUT2D eigenvalue weighted by atomic mass is 10.1. The molecule has 0 bridgehead atoms. The van der Waals surface area contributed by atoms with Gasteiger partial charge in [0, 0.05) is 5.75 Å². The summed E-state index contributed by atoms with van der Waals surface area (Å²) in [5.41, 5.74) is 5.95. The van der Waals surface area contributed by atoms with Gasteiger partial charge in [-0.15, -0.1) is 11.8 Å². The number of aryl methyl sites for hydroxylation is 1. The Labute approximate surface area is 140 Å². The number of hydrazone groups is 1. The van der Waals surface area contributed by atoms with Crippen molar-refractivity contribution >= 4 is 23.9 Å². The summed E-state index contributed by atoms with van der Waals surface area (Å²) in [5, 5.41) is 3.96. The smallest absolute Gasteiger partial charge is 0.250 e. The molecule has 0 radical (unpaired) electrons. The van der Waals surface area contributed by atoms with Crippen molar-refractivity contribution in [2.45, 2.75) is 12.7 Å². The number of ether oxygens (including phenoxy) is 1. The van der Waals surface area contributed by atoms with Crippen molar-refractivity contribution in [3.8, 4) is 5.75 Å². The Morgan fingerprint density at radius 1 is 1.22 bits per heavy atom. The van der Waals surface area contributed by atoms with E-state index in [2.05, 4.69) is 29.6 Å². The Morgan fingerprint density at radius 2 is 1.96 bits per heavy atom. The van der Waals surface area contributed by atoms with Crippen LogP contribution >= 0.6 is 11.8 Å². The maximum absolute atomic E-state index is 11.7. The Hall–Kier alpha value is -2.27. The van der Waals surface area contributed by atoms with E-state index < -0.39 is 0 Å². The van der Waals surface area contributed by atoms with Gasteiger partial charge in [0.15, 0.2) is 0 Å². The van der Waals surface area contributed by atoms with Crippen molar-refractivity contribution in [2.24, 2.45) is 5.10 Å². The fraction of sp³-hybridized carbons (Fsp3) is 0.222. The molecule has 1 N–H and O–H groups in total. The Balaban J connectivity index is 1.72. The van der Waals surface area contributed by atoms with E-state index >= 15 is 0 Å². The average Bonchev–Trinajstić information content (AvgIpc) is 2.57. The molecule has 4 nitrogen and oxygen atoms in total. The van der Waals surface area contributed by atoms with Crippen LogP contribution in [0.15, 0.2) is 53.6 Å². The predicted molar refractivity (Wildman–Crippen MR) is 96.1 cm³/mol. The number of hydrogen-bond donors (Lipinski definition) is 1. The molecule has 0 saturated heterocycles. The van der Waals surface area contributed by atoms with E-state index in [-0.39, 0.29) is 5.91 Å².